The van der Waals surface area contributed by atoms with Gasteiger partial charge in [0.15, 0.2) is 5.78 Å². The maximum Gasteiger partial charge on any atom is 0.306 e. The van der Waals surface area contributed by atoms with Crippen molar-refractivity contribution in [3.8, 4) is 0 Å². The molecule has 0 radical (unpaired) electrons. The molecule has 1 aliphatic rings. The summed E-state index contributed by atoms with van der Waals surface area (Å²) in [4.78, 5) is 22.9. The Bertz CT molecular complexity index is 445. The number of carbonyl (C=O) groups excluding carboxylic acids is 1. The van der Waals surface area contributed by atoms with Crippen molar-refractivity contribution in [1.29, 1.82) is 0 Å². The molecule has 3 nitrogen and oxygen atoms in total. The lowest BCUT2D eigenvalue weighted by Crippen LogP contribution is -2.25. The van der Waals surface area contributed by atoms with Gasteiger partial charge < -0.3 is 5.11 Å². The van der Waals surface area contributed by atoms with Gasteiger partial charge in [0.05, 0.1) is 5.92 Å². The molecule has 96 valence electrons. The molecule has 0 saturated heterocycles. The summed E-state index contributed by atoms with van der Waals surface area (Å²) in [6.07, 6.45) is 2.31. The minimum atomic E-state index is -0.775. The van der Waals surface area contributed by atoms with E-state index >= 15 is 0 Å². The number of benzene rings is 1. The second-order valence-corrected chi connectivity index (χ2v) is 4.76. The van der Waals surface area contributed by atoms with Crippen molar-refractivity contribution in [2.24, 2.45) is 11.8 Å². The quantitative estimate of drug-likeness (QED) is 0.839. The molecular weight excluding hydrogens is 235 g/mol. The average molecular weight is 250 g/mol. The molecule has 0 aromatic heterocycles. The van der Waals surface area contributed by atoms with Crippen molar-refractivity contribution in [3.05, 3.63) is 35.6 Å². The van der Waals surface area contributed by atoms with E-state index in [1.165, 1.54) is 24.3 Å². The predicted molar refractivity (Wildman–Crippen MR) is 63.8 cm³/mol. The van der Waals surface area contributed by atoms with Crippen molar-refractivity contribution < 1.29 is 19.1 Å². The van der Waals surface area contributed by atoms with Gasteiger partial charge in [-0.25, -0.2) is 4.39 Å². The van der Waals surface area contributed by atoms with Crippen LogP contribution in [0.2, 0.25) is 0 Å². The Morgan fingerprint density at radius 2 is 1.50 bits per heavy atom. The topological polar surface area (TPSA) is 54.4 Å². The molecule has 0 amide bonds. The van der Waals surface area contributed by atoms with Crippen LogP contribution in [-0.2, 0) is 4.79 Å². The molecule has 2 rings (SSSR count). The van der Waals surface area contributed by atoms with Crippen LogP contribution >= 0.6 is 0 Å². The molecular formula is C14H15FO3. The van der Waals surface area contributed by atoms with E-state index in [-0.39, 0.29) is 23.4 Å². The SMILES string of the molecule is O=C(O)C1CCC(C(=O)c2ccc(F)cc2)CC1. The molecule has 0 heterocycles. The Morgan fingerprint density at radius 3 is 2.00 bits per heavy atom. The maximum absolute atomic E-state index is 12.8. The third kappa shape index (κ3) is 2.75. The van der Waals surface area contributed by atoms with E-state index in [4.69, 9.17) is 5.11 Å². The summed E-state index contributed by atoms with van der Waals surface area (Å²) in [6.45, 7) is 0. The number of carboxylic acids is 1. The fraction of sp³-hybridized carbons (Fsp3) is 0.429. The number of hydrogen-bond donors (Lipinski definition) is 1. The van der Waals surface area contributed by atoms with E-state index in [0.717, 1.165) is 0 Å². The highest BCUT2D eigenvalue weighted by molar-refractivity contribution is 5.97. The zero-order valence-electron chi connectivity index (χ0n) is 9.93. The predicted octanol–water partition coefficient (Wildman–Crippen LogP) is 2.90. The average Bonchev–Trinajstić information content (AvgIpc) is 2.39. The van der Waals surface area contributed by atoms with Gasteiger partial charge in [-0.1, -0.05) is 0 Å². The first-order valence-corrected chi connectivity index (χ1v) is 6.10. The Balaban J connectivity index is 1.99. The molecule has 0 spiro atoms. The summed E-state index contributed by atoms with van der Waals surface area (Å²) in [5, 5.41) is 8.88. The van der Waals surface area contributed by atoms with Gasteiger partial charge in [0.2, 0.25) is 0 Å². The monoisotopic (exact) mass is 250 g/mol. The van der Waals surface area contributed by atoms with E-state index in [2.05, 4.69) is 0 Å². The van der Waals surface area contributed by atoms with Gasteiger partial charge >= 0.3 is 5.97 Å². The zero-order chi connectivity index (χ0) is 13.1. The highest BCUT2D eigenvalue weighted by Gasteiger charge is 2.30. The van der Waals surface area contributed by atoms with Crippen LogP contribution in [0.1, 0.15) is 36.0 Å². The zero-order valence-corrected chi connectivity index (χ0v) is 9.93. The molecule has 0 unspecified atom stereocenters. The Hall–Kier alpha value is -1.71. The van der Waals surface area contributed by atoms with Crippen molar-refractivity contribution in [1.82, 2.24) is 0 Å². The molecule has 18 heavy (non-hydrogen) atoms. The van der Waals surface area contributed by atoms with E-state index in [1.807, 2.05) is 0 Å². The van der Waals surface area contributed by atoms with Crippen molar-refractivity contribution >= 4 is 11.8 Å². The number of carboxylic acid groups (broad SMARTS) is 1. The Morgan fingerprint density at radius 1 is 1.00 bits per heavy atom. The summed E-state index contributed by atoms with van der Waals surface area (Å²) >= 11 is 0. The minimum Gasteiger partial charge on any atom is -0.481 e. The number of rotatable bonds is 3. The van der Waals surface area contributed by atoms with Crippen LogP contribution in [0.5, 0.6) is 0 Å². The first kappa shape index (κ1) is 12.7. The van der Waals surface area contributed by atoms with Gasteiger partial charge in [-0.05, 0) is 49.9 Å². The van der Waals surface area contributed by atoms with Gasteiger partial charge in [0, 0.05) is 11.5 Å². The third-order valence-corrected chi connectivity index (χ3v) is 3.58. The smallest absolute Gasteiger partial charge is 0.306 e. The van der Waals surface area contributed by atoms with Crippen molar-refractivity contribution in [2.75, 3.05) is 0 Å². The molecule has 0 bridgehead atoms. The lowest BCUT2D eigenvalue weighted by atomic mass is 9.78. The lowest BCUT2D eigenvalue weighted by Gasteiger charge is -2.25. The maximum atomic E-state index is 12.8. The van der Waals surface area contributed by atoms with Crippen LogP contribution in [0.3, 0.4) is 0 Å². The Kier molecular flexibility index (Phi) is 3.75. The van der Waals surface area contributed by atoms with E-state index < -0.39 is 5.97 Å². The van der Waals surface area contributed by atoms with Crippen LogP contribution in [0.4, 0.5) is 4.39 Å². The fourth-order valence-corrected chi connectivity index (χ4v) is 2.45. The number of halogens is 1. The largest absolute Gasteiger partial charge is 0.481 e. The van der Waals surface area contributed by atoms with Gasteiger partial charge in [0.25, 0.3) is 0 Å². The summed E-state index contributed by atoms with van der Waals surface area (Å²) in [7, 11) is 0. The van der Waals surface area contributed by atoms with E-state index in [1.54, 1.807) is 0 Å². The fourth-order valence-electron chi connectivity index (χ4n) is 2.45. The van der Waals surface area contributed by atoms with Crippen molar-refractivity contribution in [3.63, 3.8) is 0 Å². The molecule has 1 N–H and O–H groups in total. The number of aliphatic carboxylic acids is 1. The summed E-state index contributed by atoms with van der Waals surface area (Å²) in [6, 6.07) is 5.52. The molecule has 0 aliphatic heterocycles. The molecule has 0 atom stereocenters. The molecule has 1 saturated carbocycles. The molecule has 4 heteroatoms. The van der Waals surface area contributed by atoms with Gasteiger partial charge in [-0.3, -0.25) is 9.59 Å². The normalized spacial score (nSPS) is 23.6. The first-order valence-electron chi connectivity index (χ1n) is 6.10. The standard InChI is InChI=1S/C14H15FO3/c15-12-7-5-10(6-8-12)13(16)9-1-3-11(4-2-9)14(17)18/h5-9,11H,1-4H2,(H,17,18). The van der Waals surface area contributed by atoms with Crippen LogP contribution in [0, 0.1) is 17.7 Å². The molecule has 1 aromatic rings. The highest BCUT2D eigenvalue weighted by atomic mass is 19.1. The van der Waals surface area contributed by atoms with Gasteiger partial charge in [-0.2, -0.15) is 0 Å². The summed E-state index contributed by atoms with van der Waals surface area (Å²) in [5.74, 6) is -1.57. The van der Waals surface area contributed by atoms with Crippen LogP contribution < -0.4 is 0 Å². The molecule has 1 fully saturated rings. The minimum absolute atomic E-state index is 0.00108. The van der Waals surface area contributed by atoms with Crippen LogP contribution in [-0.4, -0.2) is 16.9 Å². The van der Waals surface area contributed by atoms with Crippen molar-refractivity contribution in [2.45, 2.75) is 25.7 Å². The van der Waals surface area contributed by atoms with Gasteiger partial charge in [-0.15, -0.1) is 0 Å². The van der Waals surface area contributed by atoms with Gasteiger partial charge in [0.1, 0.15) is 5.82 Å². The second-order valence-electron chi connectivity index (χ2n) is 4.76. The number of ketones is 1. The number of hydrogen-bond acceptors (Lipinski definition) is 2. The van der Waals surface area contributed by atoms with E-state index in [9.17, 15) is 14.0 Å². The summed E-state index contributed by atoms with van der Waals surface area (Å²) in [5.41, 5.74) is 0.509. The van der Waals surface area contributed by atoms with Crippen LogP contribution in [0.25, 0.3) is 0 Å². The Labute approximate surface area is 105 Å². The number of Topliss-reactive ketones (excluding diaryl/α,β-unsaturated/α-hetero) is 1. The summed E-state index contributed by atoms with van der Waals surface area (Å²) < 4.78 is 12.8. The lowest BCUT2D eigenvalue weighted by molar-refractivity contribution is -0.143. The first-order chi connectivity index (χ1) is 8.58. The van der Waals surface area contributed by atoms with Crippen LogP contribution in [0.15, 0.2) is 24.3 Å². The second kappa shape index (κ2) is 5.29. The highest BCUT2D eigenvalue weighted by Crippen LogP contribution is 2.31. The number of carbonyl (C=O) groups is 2. The third-order valence-electron chi connectivity index (χ3n) is 3.58. The molecule has 1 aliphatic carbocycles. The molecule has 1 aromatic carbocycles. The van der Waals surface area contributed by atoms with E-state index in [0.29, 0.717) is 31.2 Å².